The minimum Gasteiger partial charge on any atom is -0.330 e. The van der Waals surface area contributed by atoms with Gasteiger partial charge in [0.2, 0.25) is 0 Å². The summed E-state index contributed by atoms with van der Waals surface area (Å²) in [5.74, 6) is 0.400. The molecule has 0 atom stereocenters. The normalized spacial score (nSPS) is 12.6. The molecule has 1 aliphatic rings. The van der Waals surface area contributed by atoms with E-state index in [2.05, 4.69) is 97.1 Å². The SMILES string of the molecule is CC.NCCCCCCC1c2c(c3ccccc3c3ccccc23)-c2c1c1ccccc1c1ccccc21. The highest BCUT2D eigenvalue weighted by atomic mass is 14.5. The molecule has 0 unspecified atom stereocenters. The molecule has 1 heteroatoms. The van der Waals surface area contributed by atoms with E-state index in [1.54, 1.807) is 11.1 Å². The van der Waals surface area contributed by atoms with E-state index in [1.165, 1.54) is 79.9 Å². The Hall–Kier alpha value is -3.68. The van der Waals surface area contributed by atoms with Crippen molar-refractivity contribution in [2.24, 2.45) is 5.73 Å². The van der Waals surface area contributed by atoms with E-state index < -0.39 is 0 Å². The number of benzene rings is 6. The summed E-state index contributed by atoms with van der Waals surface area (Å²) in [5.41, 5.74) is 11.8. The van der Waals surface area contributed by atoms with Crippen LogP contribution in [0, 0.1) is 0 Å². The van der Waals surface area contributed by atoms with Gasteiger partial charge in [-0.1, -0.05) is 130 Å². The Labute approximate surface area is 226 Å². The summed E-state index contributed by atoms with van der Waals surface area (Å²) >= 11 is 0. The van der Waals surface area contributed by atoms with Crippen LogP contribution in [0.4, 0.5) is 0 Å². The summed E-state index contributed by atoms with van der Waals surface area (Å²) in [7, 11) is 0. The van der Waals surface area contributed by atoms with Crippen molar-refractivity contribution in [2.45, 2.75) is 51.9 Å². The molecule has 7 rings (SSSR count). The Kier molecular flexibility index (Phi) is 6.87. The van der Waals surface area contributed by atoms with E-state index in [-0.39, 0.29) is 0 Å². The fourth-order valence-electron chi connectivity index (χ4n) is 6.88. The Morgan fingerprint density at radius 2 is 0.789 bits per heavy atom. The maximum Gasteiger partial charge on any atom is 0.0114 e. The quantitative estimate of drug-likeness (QED) is 0.180. The summed E-state index contributed by atoms with van der Waals surface area (Å²) in [6, 6.07) is 36.3. The number of rotatable bonds is 6. The molecule has 0 saturated heterocycles. The Morgan fingerprint density at radius 1 is 0.447 bits per heavy atom. The summed E-state index contributed by atoms with van der Waals surface area (Å²) in [4.78, 5) is 0. The van der Waals surface area contributed by atoms with Gasteiger partial charge < -0.3 is 5.73 Å². The molecular weight excluding hydrogens is 458 g/mol. The van der Waals surface area contributed by atoms with Gasteiger partial charge in [-0.2, -0.15) is 0 Å². The fourth-order valence-corrected chi connectivity index (χ4v) is 6.88. The summed E-state index contributed by atoms with van der Waals surface area (Å²) in [6.07, 6.45) is 6.00. The van der Waals surface area contributed by atoms with E-state index in [1.807, 2.05) is 13.8 Å². The van der Waals surface area contributed by atoms with Crippen LogP contribution >= 0.6 is 0 Å². The molecule has 0 spiro atoms. The maximum atomic E-state index is 5.79. The number of nitrogens with two attached hydrogens (primary N) is 1. The highest BCUT2D eigenvalue weighted by molar-refractivity contribution is 6.25. The van der Waals surface area contributed by atoms with Crippen molar-refractivity contribution in [1.82, 2.24) is 0 Å². The molecule has 0 aliphatic heterocycles. The smallest absolute Gasteiger partial charge is 0.0114 e. The second-order valence-electron chi connectivity index (χ2n) is 10.3. The lowest BCUT2D eigenvalue weighted by molar-refractivity contribution is 0.594. The zero-order chi connectivity index (χ0) is 26.1. The lowest BCUT2D eigenvalue weighted by atomic mass is 9.84. The number of hydrogen-bond acceptors (Lipinski definition) is 1. The van der Waals surface area contributed by atoms with E-state index >= 15 is 0 Å². The zero-order valence-electron chi connectivity index (χ0n) is 22.6. The van der Waals surface area contributed by atoms with Gasteiger partial charge in [-0.15, -0.1) is 0 Å². The lowest BCUT2D eigenvalue weighted by Crippen LogP contribution is -2.01. The van der Waals surface area contributed by atoms with Gasteiger partial charge in [0.25, 0.3) is 0 Å². The van der Waals surface area contributed by atoms with Crippen molar-refractivity contribution < 1.29 is 0 Å². The number of unbranched alkanes of at least 4 members (excludes halogenated alkanes) is 3. The molecule has 0 heterocycles. The van der Waals surface area contributed by atoms with Crippen molar-refractivity contribution in [3.63, 3.8) is 0 Å². The molecule has 0 aromatic heterocycles. The first kappa shape index (κ1) is 24.6. The fraction of sp³-hybridized carbons (Fsp3) is 0.243. The molecule has 1 aliphatic carbocycles. The van der Waals surface area contributed by atoms with Crippen molar-refractivity contribution in [3.05, 3.63) is 108 Å². The molecule has 0 bridgehead atoms. The van der Waals surface area contributed by atoms with Gasteiger partial charge in [0.05, 0.1) is 0 Å². The van der Waals surface area contributed by atoms with Gasteiger partial charge in [-0.3, -0.25) is 0 Å². The molecule has 38 heavy (non-hydrogen) atoms. The highest BCUT2D eigenvalue weighted by Crippen LogP contribution is 2.57. The molecule has 1 nitrogen and oxygen atoms in total. The van der Waals surface area contributed by atoms with Crippen molar-refractivity contribution in [1.29, 1.82) is 0 Å². The zero-order valence-corrected chi connectivity index (χ0v) is 22.6. The van der Waals surface area contributed by atoms with Gasteiger partial charge in [0.15, 0.2) is 0 Å². The van der Waals surface area contributed by atoms with Crippen LogP contribution in [0.25, 0.3) is 54.2 Å². The molecule has 0 fully saturated rings. The minimum atomic E-state index is 0.400. The average Bonchev–Trinajstić information content (AvgIpc) is 3.34. The predicted octanol–water partition coefficient (Wildman–Crippen LogP) is 10.3. The van der Waals surface area contributed by atoms with Crippen LogP contribution in [0.3, 0.4) is 0 Å². The first-order chi connectivity index (χ1) is 18.9. The van der Waals surface area contributed by atoms with Gasteiger partial charge in [0.1, 0.15) is 0 Å². The second-order valence-corrected chi connectivity index (χ2v) is 10.3. The molecule has 6 aromatic rings. The molecule has 6 aromatic carbocycles. The summed E-state index contributed by atoms with van der Waals surface area (Å²) < 4.78 is 0. The third-order valence-corrected chi connectivity index (χ3v) is 8.34. The summed E-state index contributed by atoms with van der Waals surface area (Å²) in [5, 5.41) is 11.1. The van der Waals surface area contributed by atoms with Crippen molar-refractivity contribution in [3.8, 4) is 11.1 Å². The monoisotopic (exact) mass is 495 g/mol. The van der Waals surface area contributed by atoms with E-state index in [0.29, 0.717) is 5.92 Å². The standard InChI is InChI=1S/C35H31N.C2H6/c36-22-12-2-1-3-21-31-32-27-17-8-4-13-23(27)25-15-6-10-19-29(25)34(32)35-30-20-11-7-16-26(30)24-14-5-9-18-28(24)33(31)35;1-2/h4-11,13-20,31H,1-3,12,21-22,36H2;1-2H3. The maximum absolute atomic E-state index is 5.79. The molecule has 0 radical (unpaired) electrons. The van der Waals surface area contributed by atoms with Crippen LogP contribution in [0.2, 0.25) is 0 Å². The third-order valence-electron chi connectivity index (χ3n) is 8.34. The van der Waals surface area contributed by atoms with Gasteiger partial charge >= 0.3 is 0 Å². The lowest BCUT2D eigenvalue weighted by Gasteiger charge is -2.19. The molecular formula is C37H37N. The predicted molar refractivity (Wildman–Crippen MR) is 167 cm³/mol. The molecule has 2 N–H and O–H groups in total. The van der Waals surface area contributed by atoms with E-state index in [4.69, 9.17) is 5.73 Å². The number of fused-ring (bicyclic) bond motifs is 13. The molecule has 190 valence electrons. The van der Waals surface area contributed by atoms with Crippen LogP contribution in [-0.4, -0.2) is 6.54 Å². The van der Waals surface area contributed by atoms with E-state index in [0.717, 1.165) is 13.0 Å². The Morgan fingerprint density at radius 3 is 1.21 bits per heavy atom. The van der Waals surface area contributed by atoms with Crippen LogP contribution in [0.5, 0.6) is 0 Å². The first-order valence-electron chi connectivity index (χ1n) is 14.5. The van der Waals surface area contributed by atoms with Crippen molar-refractivity contribution >= 4 is 43.1 Å². The van der Waals surface area contributed by atoms with Crippen LogP contribution < -0.4 is 5.73 Å². The second kappa shape index (κ2) is 10.6. The highest BCUT2D eigenvalue weighted by Gasteiger charge is 2.35. The van der Waals surface area contributed by atoms with Crippen molar-refractivity contribution in [2.75, 3.05) is 6.54 Å². The Balaban J connectivity index is 0.00000129. The van der Waals surface area contributed by atoms with Crippen LogP contribution in [0.15, 0.2) is 97.1 Å². The minimum absolute atomic E-state index is 0.400. The van der Waals surface area contributed by atoms with Gasteiger partial charge in [-0.05, 0) is 84.7 Å². The summed E-state index contributed by atoms with van der Waals surface area (Å²) in [6.45, 7) is 4.79. The molecule has 0 saturated carbocycles. The Bertz CT molecular complexity index is 1640. The number of hydrogen-bond donors (Lipinski definition) is 1. The molecule has 0 amide bonds. The third kappa shape index (κ3) is 3.80. The van der Waals surface area contributed by atoms with Crippen LogP contribution in [-0.2, 0) is 0 Å². The van der Waals surface area contributed by atoms with Gasteiger partial charge in [-0.25, -0.2) is 0 Å². The largest absolute Gasteiger partial charge is 0.330 e. The van der Waals surface area contributed by atoms with E-state index in [9.17, 15) is 0 Å². The average molecular weight is 496 g/mol. The topological polar surface area (TPSA) is 26.0 Å². The first-order valence-corrected chi connectivity index (χ1v) is 14.5. The van der Waals surface area contributed by atoms with Gasteiger partial charge in [0, 0.05) is 5.92 Å². The van der Waals surface area contributed by atoms with Crippen LogP contribution in [0.1, 0.15) is 63.0 Å².